The van der Waals surface area contributed by atoms with Crippen molar-refractivity contribution in [2.45, 2.75) is 59.1 Å². The van der Waals surface area contributed by atoms with Crippen LogP contribution in [0.1, 0.15) is 57.1 Å². The second-order valence-electron chi connectivity index (χ2n) is 7.86. The molecule has 0 heterocycles. The Kier molecular flexibility index (Phi) is 18.9. The summed E-state index contributed by atoms with van der Waals surface area (Å²) in [5.41, 5.74) is 2.06. The minimum absolute atomic E-state index is 0. The second-order valence-corrected chi connectivity index (χ2v) is 9.61. The summed E-state index contributed by atoms with van der Waals surface area (Å²) in [6.45, 7) is 10.3. The van der Waals surface area contributed by atoms with Crippen molar-refractivity contribution in [2.75, 3.05) is 26.2 Å². The molecule has 2 aromatic rings. The van der Waals surface area contributed by atoms with Crippen LogP contribution in [-0.4, -0.2) is 31.1 Å². The van der Waals surface area contributed by atoms with Crippen molar-refractivity contribution in [2.24, 2.45) is 0 Å². The zero-order valence-corrected chi connectivity index (χ0v) is 24.3. The fourth-order valence-corrected chi connectivity index (χ4v) is 4.24. The van der Waals surface area contributed by atoms with E-state index in [4.69, 9.17) is 27.9 Å². The van der Waals surface area contributed by atoms with Crippen molar-refractivity contribution in [3.8, 4) is 5.75 Å². The van der Waals surface area contributed by atoms with Gasteiger partial charge in [0.15, 0.2) is 0 Å². The molecule has 2 aromatic carbocycles. The first-order valence-electron chi connectivity index (χ1n) is 11.3. The minimum Gasteiger partial charge on any atom is -0.489 e. The molecule has 188 valence electrons. The Balaban J connectivity index is 0.00000512. The van der Waals surface area contributed by atoms with Gasteiger partial charge in [0.05, 0.1) is 0 Å². The first kappa shape index (κ1) is 32.8. The van der Waals surface area contributed by atoms with Crippen LogP contribution in [0.5, 0.6) is 5.75 Å². The SMILES string of the molecule is CCCCN(CCCC)CCCNCc1cc(Br)ccc1OCc1ccc(Cl)cc1Cl.Cl.Cl. The third-order valence-corrected chi connectivity index (χ3v) is 6.30. The molecule has 3 nitrogen and oxygen atoms in total. The Labute approximate surface area is 230 Å². The van der Waals surface area contributed by atoms with E-state index in [0.717, 1.165) is 47.4 Å². The lowest BCUT2D eigenvalue weighted by molar-refractivity contribution is 0.260. The van der Waals surface area contributed by atoms with Crippen molar-refractivity contribution in [3.63, 3.8) is 0 Å². The standard InChI is InChI=1S/C25H35BrCl2N2O.2ClH/c1-3-5-13-30(14-6-4-2)15-7-12-29-18-21-16-22(26)9-11-25(21)31-19-20-8-10-23(27)17-24(20)28;;/h8-11,16-17,29H,3-7,12-15,18-19H2,1-2H3;2*1H. The van der Waals surface area contributed by atoms with Crippen LogP contribution in [0.2, 0.25) is 10.0 Å². The third-order valence-electron chi connectivity index (χ3n) is 5.22. The molecule has 0 spiro atoms. The van der Waals surface area contributed by atoms with Gasteiger partial charge in [-0.05, 0) is 75.8 Å². The Bertz CT molecular complexity index is 787. The summed E-state index contributed by atoms with van der Waals surface area (Å²) < 4.78 is 7.13. The molecule has 0 aliphatic rings. The molecule has 0 saturated carbocycles. The quantitative estimate of drug-likeness (QED) is 0.207. The monoisotopic (exact) mass is 600 g/mol. The van der Waals surface area contributed by atoms with E-state index in [-0.39, 0.29) is 24.8 Å². The Morgan fingerprint density at radius 2 is 1.55 bits per heavy atom. The molecule has 0 radical (unpaired) electrons. The number of ether oxygens (including phenoxy) is 1. The van der Waals surface area contributed by atoms with E-state index >= 15 is 0 Å². The zero-order valence-electron chi connectivity index (χ0n) is 19.5. The van der Waals surface area contributed by atoms with Crippen LogP contribution < -0.4 is 10.1 Å². The van der Waals surface area contributed by atoms with Gasteiger partial charge in [0.25, 0.3) is 0 Å². The average molecular weight is 603 g/mol. The number of nitrogens with one attached hydrogen (secondary N) is 1. The fourth-order valence-electron chi connectivity index (χ4n) is 3.37. The number of hydrogen-bond acceptors (Lipinski definition) is 3. The molecule has 1 N–H and O–H groups in total. The van der Waals surface area contributed by atoms with Crippen LogP contribution in [0.25, 0.3) is 0 Å². The van der Waals surface area contributed by atoms with Crippen LogP contribution in [0.15, 0.2) is 40.9 Å². The summed E-state index contributed by atoms with van der Waals surface area (Å²) in [5.74, 6) is 0.870. The second kappa shape index (κ2) is 19.0. The van der Waals surface area contributed by atoms with E-state index in [9.17, 15) is 0 Å². The van der Waals surface area contributed by atoms with E-state index in [1.165, 1.54) is 38.8 Å². The molecule has 0 atom stereocenters. The first-order valence-corrected chi connectivity index (χ1v) is 12.9. The lowest BCUT2D eigenvalue weighted by atomic mass is 10.2. The molecule has 0 aliphatic carbocycles. The molecule has 0 amide bonds. The van der Waals surface area contributed by atoms with E-state index < -0.39 is 0 Å². The number of hydrogen-bond donors (Lipinski definition) is 1. The predicted octanol–water partition coefficient (Wildman–Crippen LogP) is 8.56. The topological polar surface area (TPSA) is 24.5 Å². The number of benzene rings is 2. The van der Waals surface area contributed by atoms with Crippen molar-refractivity contribution in [1.82, 2.24) is 10.2 Å². The maximum absolute atomic E-state index is 6.28. The normalized spacial score (nSPS) is 10.6. The minimum atomic E-state index is 0. The summed E-state index contributed by atoms with van der Waals surface area (Å²) in [6.07, 6.45) is 6.24. The zero-order chi connectivity index (χ0) is 22.5. The van der Waals surface area contributed by atoms with Gasteiger partial charge in [0.2, 0.25) is 0 Å². The maximum Gasteiger partial charge on any atom is 0.124 e. The third kappa shape index (κ3) is 12.9. The Morgan fingerprint density at radius 1 is 0.879 bits per heavy atom. The molecular weight excluding hydrogens is 566 g/mol. The van der Waals surface area contributed by atoms with Gasteiger partial charge in [-0.2, -0.15) is 0 Å². The summed E-state index contributed by atoms with van der Waals surface area (Å²) in [5, 5.41) is 4.84. The van der Waals surface area contributed by atoms with Gasteiger partial charge in [-0.25, -0.2) is 0 Å². The van der Waals surface area contributed by atoms with Crippen LogP contribution >= 0.6 is 63.9 Å². The van der Waals surface area contributed by atoms with Gasteiger partial charge in [-0.3, -0.25) is 0 Å². The molecule has 0 aliphatic heterocycles. The fraction of sp³-hybridized carbons (Fsp3) is 0.520. The van der Waals surface area contributed by atoms with Crippen molar-refractivity contribution in [1.29, 1.82) is 0 Å². The molecule has 33 heavy (non-hydrogen) atoms. The molecular formula is C25H37BrCl4N2O. The van der Waals surface area contributed by atoms with Gasteiger partial charge in [0.1, 0.15) is 12.4 Å². The Hall–Kier alpha value is -0.200. The van der Waals surface area contributed by atoms with E-state index in [0.29, 0.717) is 16.7 Å². The lowest BCUT2D eigenvalue weighted by Crippen LogP contribution is -2.29. The van der Waals surface area contributed by atoms with E-state index in [1.54, 1.807) is 6.07 Å². The first-order chi connectivity index (χ1) is 15.0. The van der Waals surface area contributed by atoms with Crippen molar-refractivity contribution >= 4 is 63.9 Å². The van der Waals surface area contributed by atoms with Crippen LogP contribution in [-0.2, 0) is 13.2 Å². The smallest absolute Gasteiger partial charge is 0.124 e. The number of nitrogens with zero attached hydrogens (tertiary/aromatic N) is 1. The molecule has 8 heteroatoms. The van der Waals surface area contributed by atoms with E-state index in [2.05, 4.69) is 46.1 Å². The summed E-state index contributed by atoms with van der Waals surface area (Å²) in [4.78, 5) is 2.61. The van der Waals surface area contributed by atoms with Gasteiger partial charge in [-0.1, -0.05) is 71.9 Å². The van der Waals surface area contributed by atoms with Gasteiger partial charge < -0.3 is 15.0 Å². The highest BCUT2D eigenvalue weighted by atomic mass is 79.9. The van der Waals surface area contributed by atoms with Gasteiger partial charge in [-0.15, -0.1) is 24.8 Å². The van der Waals surface area contributed by atoms with Crippen LogP contribution in [0.4, 0.5) is 0 Å². The summed E-state index contributed by atoms with van der Waals surface area (Å²) >= 11 is 15.8. The summed E-state index contributed by atoms with van der Waals surface area (Å²) in [7, 11) is 0. The number of halogens is 5. The lowest BCUT2D eigenvalue weighted by Gasteiger charge is -2.22. The molecule has 0 fully saturated rings. The van der Waals surface area contributed by atoms with E-state index in [1.807, 2.05) is 24.3 Å². The van der Waals surface area contributed by atoms with Crippen molar-refractivity contribution in [3.05, 3.63) is 62.0 Å². The van der Waals surface area contributed by atoms with Crippen LogP contribution in [0.3, 0.4) is 0 Å². The largest absolute Gasteiger partial charge is 0.489 e. The molecule has 0 aromatic heterocycles. The van der Waals surface area contributed by atoms with Crippen LogP contribution in [0, 0.1) is 0 Å². The Morgan fingerprint density at radius 3 is 2.18 bits per heavy atom. The predicted molar refractivity (Wildman–Crippen MR) is 152 cm³/mol. The highest BCUT2D eigenvalue weighted by Gasteiger charge is 2.08. The molecule has 0 unspecified atom stereocenters. The van der Waals surface area contributed by atoms with Gasteiger partial charge in [0, 0.05) is 32.2 Å². The number of rotatable bonds is 15. The van der Waals surface area contributed by atoms with Gasteiger partial charge >= 0.3 is 0 Å². The highest BCUT2D eigenvalue weighted by molar-refractivity contribution is 9.10. The van der Waals surface area contributed by atoms with Crippen molar-refractivity contribution < 1.29 is 4.74 Å². The molecule has 2 rings (SSSR count). The summed E-state index contributed by atoms with van der Waals surface area (Å²) in [6, 6.07) is 11.6. The maximum atomic E-state index is 6.28. The molecule has 0 saturated heterocycles. The number of unbranched alkanes of at least 4 members (excludes halogenated alkanes) is 2. The highest BCUT2D eigenvalue weighted by Crippen LogP contribution is 2.26. The molecule has 0 bridgehead atoms. The average Bonchev–Trinajstić information content (AvgIpc) is 2.75.